The Morgan fingerprint density at radius 3 is 1.39 bits per heavy atom. The van der Waals surface area contributed by atoms with Gasteiger partial charge in [0.1, 0.15) is 17.3 Å². The number of halogens is 5. The van der Waals surface area contributed by atoms with Gasteiger partial charge < -0.3 is 33.9 Å². The summed E-state index contributed by atoms with van der Waals surface area (Å²) in [5.74, 6) is -4.35. The number of hydrogen-bond donors (Lipinski definition) is 2. The minimum absolute atomic E-state index is 0.0364. The Bertz CT molecular complexity index is 1970. The fourth-order valence-electron chi connectivity index (χ4n) is 14.1. The molecule has 75 heavy (non-hydrogen) atoms. The Kier molecular flexibility index (Phi) is 19.0. The van der Waals surface area contributed by atoms with Gasteiger partial charge in [-0.25, -0.2) is 8.78 Å². The van der Waals surface area contributed by atoms with Crippen LogP contribution in [0.15, 0.2) is 0 Å². The van der Waals surface area contributed by atoms with Crippen LogP contribution < -0.4 is 0 Å². The van der Waals surface area contributed by atoms with E-state index in [1.807, 2.05) is 69.2 Å². The van der Waals surface area contributed by atoms with Crippen molar-refractivity contribution in [2.45, 2.75) is 266 Å². The zero-order valence-electron chi connectivity index (χ0n) is 48.5. The van der Waals surface area contributed by atoms with E-state index in [9.17, 15) is 51.3 Å². The molecular formula is C59H97F5O11. The Morgan fingerprint density at radius 2 is 1.00 bits per heavy atom. The quantitative estimate of drug-likeness (QED) is 0.0697. The van der Waals surface area contributed by atoms with Gasteiger partial charge in [0.25, 0.3) is 5.92 Å². The summed E-state index contributed by atoms with van der Waals surface area (Å²) in [4.78, 5) is 48.6. The zero-order chi connectivity index (χ0) is 56.9. The van der Waals surface area contributed by atoms with Gasteiger partial charge in [0.2, 0.25) is 11.9 Å². The predicted molar refractivity (Wildman–Crippen MR) is 275 cm³/mol. The molecule has 0 aromatic carbocycles. The molecule has 11 nitrogen and oxygen atoms in total. The maximum atomic E-state index is 14.1. The highest BCUT2D eigenvalue weighted by atomic mass is 19.4. The van der Waals surface area contributed by atoms with Gasteiger partial charge in [-0.2, -0.15) is 13.2 Å². The van der Waals surface area contributed by atoms with Crippen LogP contribution in [-0.4, -0.2) is 88.1 Å². The lowest BCUT2D eigenvalue weighted by Gasteiger charge is -2.60. The second-order valence-electron chi connectivity index (χ2n) is 27.6. The van der Waals surface area contributed by atoms with Gasteiger partial charge in [-0.3, -0.25) is 19.2 Å². The summed E-state index contributed by atoms with van der Waals surface area (Å²) in [7, 11) is 1.55. The third-order valence-corrected chi connectivity index (χ3v) is 20.1. The first-order chi connectivity index (χ1) is 34.3. The molecule has 0 aromatic rings. The summed E-state index contributed by atoms with van der Waals surface area (Å²) in [6.45, 7) is 28.8. The maximum Gasteiger partial charge on any atom is 0.423 e. The molecule has 16 heteroatoms. The minimum Gasteiger partial charge on any atom is -0.461 e. The van der Waals surface area contributed by atoms with Crippen molar-refractivity contribution in [1.29, 1.82) is 0 Å². The monoisotopic (exact) mass is 1080 g/mol. The van der Waals surface area contributed by atoms with Crippen LogP contribution in [-0.2, 0) is 42.9 Å². The molecule has 10 rings (SSSR count). The molecular weight excluding hydrogens is 980 g/mol. The molecule has 0 aliphatic heterocycles. The number of fused-ring (bicyclic) bond motifs is 2. The lowest BCUT2D eigenvalue weighted by Crippen LogP contribution is -2.64. The van der Waals surface area contributed by atoms with Crippen molar-refractivity contribution in [3.8, 4) is 0 Å². The fraction of sp³-hybridized carbons (Fsp3) is 0.932. The molecule has 434 valence electrons. The predicted octanol–water partition coefficient (Wildman–Crippen LogP) is 13.5. The van der Waals surface area contributed by atoms with Crippen LogP contribution in [0.2, 0.25) is 0 Å². The largest absolute Gasteiger partial charge is 0.461 e. The number of esters is 4. The van der Waals surface area contributed by atoms with Crippen LogP contribution in [0.3, 0.4) is 0 Å². The molecule has 0 aromatic heterocycles. The van der Waals surface area contributed by atoms with E-state index >= 15 is 0 Å². The van der Waals surface area contributed by atoms with Gasteiger partial charge in [0.15, 0.2) is 0 Å². The van der Waals surface area contributed by atoms with Gasteiger partial charge >= 0.3 is 30.1 Å². The molecule has 0 amide bonds. The molecule has 10 fully saturated rings. The van der Waals surface area contributed by atoms with E-state index in [1.165, 1.54) is 38.5 Å². The van der Waals surface area contributed by atoms with Gasteiger partial charge in [-0.05, 0) is 200 Å². The molecule has 0 radical (unpaired) electrons. The number of hydrogen-bond acceptors (Lipinski definition) is 11. The molecule has 0 heterocycles. The van der Waals surface area contributed by atoms with Crippen LogP contribution in [0.1, 0.15) is 219 Å². The Labute approximate surface area is 446 Å². The first kappa shape index (κ1) is 63.2. The minimum atomic E-state index is -5.42. The third-order valence-electron chi connectivity index (χ3n) is 20.1. The first-order valence-electron chi connectivity index (χ1n) is 28.6. The molecule has 0 saturated heterocycles. The number of alkyl halides is 5. The highest BCUT2D eigenvalue weighted by molar-refractivity contribution is 5.77. The van der Waals surface area contributed by atoms with Crippen LogP contribution in [0, 0.1) is 74.9 Å². The van der Waals surface area contributed by atoms with E-state index in [-0.39, 0.29) is 40.4 Å². The van der Waals surface area contributed by atoms with Crippen molar-refractivity contribution in [1.82, 2.24) is 0 Å². The third kappa shape index (κ3) is 12.7. The van der Waals surface area contributed by atoms with E-state index in [4.69, 9.17) is 23.7 Å². The number of aliphatic hydroxyl groups is 2. The average molecular weight is 1080 g/mol. The van der Waals surface area contributed by atoms with Gasteiger partial charge in [-0.1, -0.05) is 48.5 Å². The molecule has 0 spiro atoms. The van der Waals surface area contributed by atoms with E-state index in [0.29, 0.717) is 36.5 Å². The second kappa shape index (κ2) is 22.5. The summed E-state index contributed by atoms with van der Waals surface area (Å²) in [6.07, 6.45) is 8.10. The molecule has 10 bridgehead atoms. The van der Waals surface area contributed by atoms with Crippen LogP contribution in [0.4, 0.5) is 22.0 Å². The summed E-state index contributed by atoms with van der Waals surface area (Å²) in [5.41, 5.74) is -7.14. The van der Waals surface area contributed by atoms with E-state index in [0.717, 1.165) is 63.2 Å². The summed E-state index contributed by atoms with van der Waals surface area (Å²) < 4.78 is 94.5. The van der Waals surface area contributed by atoms with Gasteiger partial charge in [-0.15, -0.1) is 0 Å². The number of carbonyl (C=O) groups is 4. The highest BCUT2D eigenvalue weighted by Gasteiger charge is 2.83. The maximum absolute atomic E-state index is 14.1. The summed E-state index contributed by atoms with van der Waals surface area (Å²) >= 11 is 0. The molecule has 2 N–H and O–H groups in total. The molecule has 7 unspecified atom stereocenters. The van der Waals surface area contributed by atoms with Crippen molar-refractivity contribution in [3.05, 3.63) is 0 Å². The van der Waals surface area contributed by atoms with E-state index in [1.54, 1.807) is 27.9 Å². The summed E-state index contributed by atoms with van der Waals surface area (Å²) in [5, 5.41) is 20.2. The van der Waals surface area contributed by atoms with Gasteiger partial charge in [0.05, 0.1) is 33.2 Å². The Hall–Kier alpha value is -2.59. The smallest absolute Gasteiger partial charge is 0.423 e. The lowest BCUT2D eigenvalue weighted by molar-refractivity contribution is -0.353. The van der Waals surface area contributed by atoms with Crippen LogP contribution in [0.25, 0.3) is 0 Å². The van der Waals surface area contributed by atoms with Crippen molar-refractivity contribution in [2.24, 2.45) is 74.9 Å². The lowest BCUT2D eigenvalue weighted by atomic mass is 9.49. The van der Waals surface area contributed by atoms with Crippen molar-refractivity contribution in [2.75, 3.05) is 7.11 Å². The Morgan fingerprint density at radius 1 is 0.573 bits per heavy atom. The normalized spacial score (nSPS) is 36.3. The number of methoxy groups -OCH3 is 1. The Balaban J connectivity index is 0.000000187. The number of ether oxygens (including phenoxy) is 5. The highest BCUT2D eigenvalue weighted by Crippen LogP contribution is 2.66. The first-order valence-corrected chi connectivity index (χ1v) is 28.6. The molecule has 10 aliphatic rings. The van der Waals surface area contributed by atoms with Crippen LogP contribution >= 0.6 is 0 Å². The molecule has 7 atom stereocenters. The second-order valence-corrected chi connectivity index (χ2v) is 27.6. The molecule has 10 aliphatic carbocycles. The van der Waals surface area contributed by atoms with E-state index < -0.39 is 82.6 Å². The van der Waals surface area contributed by atoms with Crippen LogP contribution in [0.5, 0.6) is 0 Å². The molecule has 10 saturated carbocycles. The van der Waals surface area contributed by atoms with Gasteiger partial charge in [0, 0.05) is 25.4 Å². The topological polar surface area (TPSA) is 155 Å². The standard InChI is InChI=1S/C18H30O2.C16H26O3.C14H19F5O3.C11H22O3/c1-5-17(3,4)16(19)20-18(6-2)14-8-12-7-13(10-14)11-15(18)9-12;1-4-14(2,3)13(17)19-16-8-11-5-12(9-16)7-15(18,6-11)10-16;1-4-11(2,3)10(20)22-9-6-7-5-8(9)13(15,16)12(7,21)14(17,18)19;1-7-11(4,5)10(12)14-9(13-6)8(2)3/h12-15H,5-11H2,1-4H3;11-12,18H,4-10H2,1-3H3;7-9,21H,4-6H2,1-3H3;8-9H,7H2,1-6H3. The average Bonchev–Trinajstić information content (AvgIpc) is 3.83. The fourth-order valence-corrected chi connectivity index (χ4v) is 14.1. The van der Waals surface area contributed by atoms with Crippen molar-refractivity contribution < 1.29 is 75.0 Å². The number of rotatable bonds is 15. The number of carbonyl (C=O) groups excluding carboxylic acids is 4. The zero-order valence-corrected chi connectivity index (χ0v) is 48.5. The SMILES string of the molecule is CCC(C)(C)C(=O)OC(OC)C(C)C.CCC(C)(C)C(=O)OC1(CC)C2CC3CC(C2)CC1C3.CCC(C)(C)C(=O)OC12CC3CC(CC(O)(C3)C1)C2.CCC(C)(C)C(=O)OC1CC2CC1C(F)(F)C2(O)C(F)(F)F. The van der Waals surface area contributed by atoms with Crippen molar-refractivity contribution in [3.63, 3.8) is 0 Å². The summed E-state index contributed by atoms with van der Waals surface area (Å²) in [6, 6.07) is 0. The van der Waals surface area contributed by atoms with E-state index in [2.05, 4.69) is 13.8 Å². The van der Waals surface area contributed by atoms with Crippen molar-refractivity contribution >= 4 is 23.9 Å².